The van der Waals surface area contributed by atoms with Crippen molar-refractivity contribution in [1.82, 2.24) is 0 Å². The Kier molecular flexibility index (Phi) is 10.9. The second-order valence-electron chi connectivity index (χ2n) is 16.4. The van der Waals surface area contributed by atoms with Crippen molar-refractivity contribution in [3.05, 3.63) is 210 Å². The highest BCUT2D eigenvalue weighted by Crippen LogP contribution is 2.41. The Bertz CT molecular complexity index is 3090. The van der Waals surface area contributed by atoms with Gasteiger partial charge in [-0.3, -0.25) is 4.99 Å². The third-order valence-electron chi connectivity index (χ3n) is 12.5. The first kappa shape index (κ1) is 39.3. The van der Waals surface area contributed by atoms with Crippen molar-refractivity contribution < 1.29 is 5.11 Å². The van der Waals surface area contributed by atoms with Crippen LogP contribution in [0.2, 0.25) is 0 Å². The number of benzene rings is 8. The van der Waals surface area contributed by atoms with Crippen molar-refractivity contribution >= 4 is 43.1 Å². The zero-order valence-electron chi connectivity index (χ0n) is 35.1. The summed E-state index contributed by atoms with van der Waals surface area (Å²) in [5, 5.41) is 14.2. The number of phenols is 1. The van der Waals surface area contributed by atoms with Gasteiger partial charge in [0.15, 0.2) is 5.84 Å². The van der Waals surface area contributed by atoms with Crippen LogP contribution in [0.3, 0.4) is 0 Å². The molecule has 0 amide bonds. The summed E-state index contributed by atoms with van der Waals surface area (Å²) >= 11 is 1.85. The van der Waals surface area contributed by atoms with Crippen LogP contribution in [0.1, 0.15) is 61.4 Å². The first-order chi connectivity index (χ1) is 30.5. The molecule has 2 unspecified atom stereocenters. The lowest BCUT2D eigenvalue weighted by atomic mass is 9.84. The monoisotopic (exact) mass is 820 g/mol. The highest BCUT2D eigenvalue weighted by molar-refractivity contribution is 7.25. The zero-order chi connectivity index (χ0) is 42.0. The molecule has 3 nitrogen and oxygen atoms in total. The first-order valence-corrected chi connectivity index (χ1v) is 22.7. The fraction of sp³-hybridized carbons (Fsp3) is 0.138. The van der Waals surface area contributed by atoms with Gasteiger partial charge in [0.05, 0.1) is 11.8 Å². The smallest absolute Gasteiger partial charge is 0.155 e. The standard InChI is InChI=1S/C58H48N2OS/c1-3-13-43-26-29-48(53-36-38(4-2)57(60-58(59-53)45-16-9-6-10-17-45)44-27-24-40(25-28-44)39-14-7-5-8-15-39)35-51(43)52-34-46(31-33-54(52)61)41-20-22-42(23-21-41)47-30-32-50-49-18-11-12-19-55(49)62-56(50)37-47/h5-12,14-35,37-38,57,61H,3-4,13,36H2,1-2H3. The number of amidine groups is 1. The summed E-state index contributed by atoms with van der Waals surface area (Å²) in [5.74, 6) is 1.27. The van der Waals surface area contributed by atoms with Crippen molar-refractivity contribution in [2.45, 2.75) is 45.6 Å². The minimum atomic E-state index is -0.0500. The number of aliphatic imine (C=N–C) groups is 2. The van der Waals surface area contributed by atoms with Gasteiger partial charge in [-0.05, 0) is 105 Å². The first-order valence-electron chi connectivity index (χ1n) is 21.9. The molecule has 1 aliphatic heterocycles. The Morgan fingerprint density at radius 2 is 1.08 bits per heavy atom. The molecule has 0 saturated carbocycles. The average molecular weight is 821 g/mol. The van der Waals surface area contributed by atoms with Crippen molar-refractivity contribution in [3.8, 4) is 50.3 Å². The van der Waals surface area contributed by atoms with Crippen LogP contribution in [0, 0.1) is 5.92 Å². The Morgan fingerprint density at radius 3 is 1.81 bits per heavy atom. The van der Waals surface area contributed by atoms with Gasteiger partial charge in [0.25, 0.3) is 0 Å². The van der Waals surface area contributed by atoms with E-state index in [1.54, 1.807) is 0 Å². The lowest BCUT2D eigenvalue weighted by Crippen LogP contribution is -2.15. The molecular formula is C58H48N2OS. The van der Waals surface area contributed by atoms with E-state index < -0.39 is 0 Å². The SMILES string of the molecule is CCCc1ccc(C2=NC(c3ccccc3)=NC(c3ccc(-c4ccccc4)cc3)C(CC)C2)cc1-c1cc(-c2ccc(-c3ccc4c(c3)sc3ccccc34)cc2)ccc1O. The summed E-state index contributed by atoms with van der Waals surface area (Å²) in [4.78, 5) is 10.9. The molecule has 2 atom stereocenters. The van der Waals surface area contributed by atoms with Crippen LogP contribution >= 0.6 is 11.3 Å². The molecule has 0 fully saturated rings. The molecule has 0 saturated heterocycles. The Balaban J connectivity index is 0.990. The number of rotatable bonds is 10. The molecular weight excluding hydrogens is 773 g/mol. The molecule has 302 valence electrons. The van der Waals surface area contributed by atoms with Gasteiger partial charge >= 0.3 is 0 Å². The molecule has 2 heterocycles. The molecule has 8 aromatic carbocycles. The lowest BCUT2D eigenvalue weighted by Gasteiger charge is -2.23. The fourth-order valence-electron chi connectivity index (χ4n) is 9.11. The molecule has 1 N–H and O–H groups in total. The lowest BCUT2D eigenvalue weighted by molar-refractivity contribution is 0.437. The largest absolute Gasteiger partial charge is 0.507 e. The van der Waals surface area contributed by atoms with Gasteiger partial charge in [-0.15, -0.1) is 11.3 Å². The number of phenolic OH excluding ortho intramolecular Hbond substituents is 1. The second kappa shape index (κ2) is 17.2. The summed E-state index contributed by atoms with van der Waals surface area (Å²) in [6.07, 6.45) is 3.63. The summed E-state index contributed by atoms with van der Waals surface area (Å²) in [5.41, 5.74) is 14.4. The van der Waals surface area contributed by atoms with E-state index in [0.29, 0.717) is 0 Å². The maximum Gasteiger partial charge on any atom is 0.155 e. The molecule has 0 aliphatic carbocycles. The third-order valence-corrected chi connectivity index (χ3v) is 13.6. The number of fused-ring (bicyclic) bond motifs is 3. The highest BCUT2D eigenvalue weighted by Gasteiger charge is 2.28. The number of nitrogens with zero attached hydrogens (tertiary/aromatic N) is 2. The molecule has 0 bridgehead atoms. The van der Waals surface area contributed by atoms with Crippen LogP contribution in [0.25, 0.3) is 64.7 Å². The number of aryl methyl sites for hydroxylation is 1. The van der Waals surface area contributed by atoms with E-state index in [4.69, 9.17) is 9.98 Å². The zero-order valence-corrected chi connectivity index (χ0v) is 35.9. The number of hydrogen-bond acceptors (Lipinski definition) is 4. The van der Waals surface area contributed by atoms with E-state index in [0.717, 1.165) is 70.6 Å². The number of hydrogen-bond donors (Lipinski definition) is 1. The van der Waals surface area contributed by atoms with E-state index in [1.165, 1.54) is 53.6 Å². The summed E-state index contributed by atoms with van der Waals surface area (Å²) in [6, 6.07) is 66.9. The van der Waals surface area contributed by atoms with Crippen LogP contribution < -0.4 is 0 Å². The Labute approximate surface area is 368 Å². The average Bonchev–Trinajstić information content (AvgIpc) is 3.59. The van der Waals surface area contributed by atoms with Crippen molar-refractivity contribution in [1.29, 1.82) is 0 Å². The number of aromatic hydroxyl groups is 1. The molecule has 10 rings (SSSR count). The van der Waals surface area contributed by atoms with Gasteiger partial charge in [0.1, 0.15) is 5.75 Å². The Morgan fingerprint density at radius 1 is 0.516 bits per heavy atom. The molecule has 0 radical (unpaired) electrons. The Hall–Kier alpha value is -6.88. The van der Waals surface area contributed by atoms with Gasteiger partial charge in [-0.1, -0.05) is 184 Å². The summed E-state index contributed by atoms with van der Waals surface area (Å²) in [6.45, 7) is 4.48. The summed E-state index contributed by atoms with van der Waals surface area (Å²) < 4.78 is 2.62. The van der Waals surface area contributed by atoms with Gasteiger partial charge in [0, 0.05) is 31.3 Å². The van der Waals surface area contributed by atoms with E-state index in [9.17, 15) is 5.11 Å². The van der Waals surface area contributed by atoms with Crippen LogP contribution in [0.15, 0.2) is 198 Å². The summed E-state index contributed by atoms with van der Waals surface area (Å²) in [7, 11) is 0. The van der Waals surface area contributed by atoms with Crippen LogP contribution in [-0.4, -0.2) is 16.7 Å². The van der Waals surface area contributed by atoms with E-state index in [2.05, 4.69) is 184 Å². The predicted octanol–water partition coefficient (Wildman–Crippen LogP) is 15.8. The second-order valence-corrected chi connectivity index (χ2v) is 17.5. The van der Waals surface area contributed by atoms with Crippen molar-refractivity contribution in [2.75, 3.05) is 0 Å². The van der Waals surface area contributed by atoms with Gasteiger partial charge in [0.2, 0.25) is 0 Å². The topological polar surface area (TPSA) is 45.0 Å². The molecule has 62 heavy (non-hydrogen) atoms. The van der Waals surface area contributed by atoms with Crippen LogP contribution in [0.4, 0.5) is 0 Å². The maximum atomic E-state index is 11.6. The van der Waals surface area contributed by atoms with Crippen LogP contribution in [-0.2, 0) is 6.42 Å². The van der Waals surface area contributed by atoms with E-state index >= 15 is 0 Å². The maximum absolute atomic E-state index is 11.6. The molecule has 4 heteroatoms. The predicted molar refractivity (Wildman–Crippen MR) is 264 cm³/mol. The highest BCUT2D eigenvalue weighted by atomic mass is 32.1. The normalized spacial score (nSPS) is 15.3. The quantitative estimate of drug-likeness (QED) is 0.147. The van der Waals surface area contributed by atoms with Crippen molar-refractivity contribution in [2.24, 2.45) is 15.9 Å². The molecule has 9 aromatic rings. The number of thiophene rings is 1. The van der Waals surface area contributed by atoms with Crippen molar-refractivity contribution in [3.63, 3.8) is 0 Å². The minimum Gasteiger partial charge on any atom is -0.507 e. The van der Waals surface area contributed by atoms with Crippen LogP contribution in [0.5, 0.6) is 5.75 Å². The minimum absolute atomic E-state index is 0.0500. The molecule has 0 spiro atoms. The third kappa shape index (κ3) is 7.79. The fourth-order valence-corrected chi connectivity index (χ4v) is 10.3. The van der Waals surface area contributed by atoms with Gasteiger partial charge < -0.3 is 5.11 Å². The van der Waals surface area contributed by atoms with E-state index in [-0.39, 0.29) is 17.7 Å². The van der Waals surface area contributed by atoms with Gasteiger partial charge in [-0.2, -0.15) is 0 Å². The molecule has 1 aliphatic rings. The van der Waals surface area contributed by atoms with E-state index in [1.807, 2.05) is 29.5 Å². The van der Waals surface area contributed by atoms with Gasteiger partial charge in [-0.25, -0.2) is 4.99 Å². The molecule has 1 aromatic heterocycles.